The van der Waals surface area contributed by atoms with E-state index >= 15 is 0 Å². The van der Waals surface area contributed by atoms with Crippen molar-refractivity contribution >= 4 is 25.2 Å². The topological polar surface area (TPSA) is 89.8 Å². The van der Waals surface area contributed by atoms with Crippen LogP contribution in [0.4, 0.5) is 4.79 Å². The normalized spacial score (nSPS) is 16.1. The zero-order valence-corrected chi connectivity index (χ0v) is 12.0. The minimum Gasteiger partial charge on any atom is -0.256 e. The molecule has 2 N–H and O–H groups in total. The number of nitrogens with one attached hydrogen (secondary N) is 2. The molecule has 2 amide bonds. The Morgan fingerprint density at radius 2 is 2.20 bits per heavy atom. The molecule has 0 spiro atoms. The van der Waals surface area contributed by atoms with Gasteiger partial charge in [-0.05, 0) is 25.7 Å². The number of hydrogen-bond acceptors (Lipinski definition) is 5. The number of nitrogens with zero attached hydrogens (tertiary/aromatic N) is 3. The molecule has 1 aliphatic rings. The molecule has 1 atom stereocenters. The summed E-state index contributed by atoms with van der Waals surface area (Å²) in [6.45, 7) is 4.08. The van der Waals surface area contributed by atoms with Crippen LogP contribution in [0.25, 0.3) is 0 Å². The number of benzene rings is 1. The SMILES string of the molecule is CC1=NNC(=O)N(NOP(C)c2ccc(C#N)cc2)C1. The average molecular weight is 291 g/mol. The van der Waals surface area contributed by atoms with E-state index in [1.165, 1.54) is 5.01 Å². The number of hydrogen-bond donors (Lipinski definition) is 2. The number of nitriles is 1. The fourth-order valence-corrected chi connectivity index (χ4v) is 2.42. The molecule has 1 aliphatic heterocycles. The Hall–Kier alpha value is -2.00. The van der Waals surface area contributed by atoms with Gasteiger partial charge in [-0.25, -0.2) is 15.2 Å². The molecule has 7 nitrogen and oxygen atoms in total. The summed E-state index contributed by atoms with van der Waals surface area (Å²) < 4.78 is 5.50. The highest BCUT2D eigenvalue weighted by molar-refractivity contribution is 7.60. The van der Waals surface area contributed by atoms with Gasteiger partial charge in [0.05, 0.1) is 32.0 Å². The minimum atomic E-state index is -0.933. The van der Waals surface area contributed by atoms with Crippen molar-refractivity contribution in [2.45, 2.75) is 6.92 Å². The molecule has 104 valence electrons. The van der Waals surface area contributed by atoms with Gasteiger partial charge in [0.2, 0.25) is 0 Å². The van der Waals surface area contributed by atoms with E-state index in [1.807, 2.05) is 25.7 Å². The fourth-order valence-electron chi connectivity index (χ4n) is 1.52. The maximum Gasteiger partial charge on any atom is 0.354 e. The summed E-state index contributed by atoms with van der Waals surface area (Å²) in [6, 6.07) is 8.86. The van der Waals surface area contributed by atoms with Crippen LogP contribution in [0, 0.1) is 11.3 Å². The van der Waals surface area contributed by atoms with Crippen LogP contribution in [-0.4, -0.2) is 30.0 Å². The van der Waals surface area contributed by atoms with E-state index < -0.39 is 8.15 Å². The van der Waals surface area contributed by atoms with Crippen molar-refractivity contribution in [3.8, 4) is 6.07 Å². The molecule has 8 heteroatoms. The molecule has 2 rings (SSSR count). The summed E-state index contributed by atoms with van der Waals surface area (Å²) in [5.74, 6) is 0. The number of rotatable bonds is 4. The molecular formula is C12H14N5O2P. The molecular weight excluding hydrogens is 277 g/mol. The summed E-state index contributed by atoms with van der Waals surface area (Å²) in [7, 11) is -0.933. The second-order valence-corrected chi connectivity index (χ2v) is 5.88. The predicted molar refractivity (Wildman–Crippen MR) is 76.2 cm³/mol. The number of hydrazine groups is 1. The van der Waals surface area contributed by atoms with Crippen LogP contribution in [0.15, 0.2) is 29.4 Å². The van der Waals surface area contributed by atoms with E-state index in [-0.39, 0.29) is 6.03 Å². The first kappa shape index (κ1) is 14.4. The second-order valence-electron chi connectivity index (χ2n) is 4.19. The molecule has 1 aromatic rings. The van der Waals surface area contributed by atoms with E-state index in [0.717, 1.165) is 11.0 Å². The molecule has 0 aliphatic carbocycles. The van der Waals surface area contributed by atoms with Gasteiger partial charge in [0.15, 0.2) is 0 Å². The van der Waals surface area contributed by atoms with Crippen LogP contribution in [0.1, 0.15) is 12.5 Å². The Morgan fingerprint density at radius 3 is 2.85 bits per heavy atom. The van der Waals surface area contributed by atoms with Crippen molar-refractivity contribution in [3.05, 3.63) is 29.8 Å². The molecule has 0 aromatic heterocycles. The number of hydrazone groups is 1. The third-order valence-corrected chi connectivity index (χ3v) is 4.00. The van der Waals surface area contributed by atoms with Crippen molar-refractivity contribution in [1.82, 2.24) is 16.0 Å². The van der Waals surface area contributed by atoms with Gasteiger partial charge < -0.3 is 0 Å². The van der Waals surface area contributed by atoms with Gasteiger partial charge in [-0.1, -0.05) is 12.1 Å². The monoisotopic (exact) mass is 291 g/mol. The summed E-state index contributed by atoms with van der Waals surface area (Å²) in [6.07, 6.45) is 0. The van der Waals surface area contributed by atoms with E-state index in [9.17, 15) is 4.79 Å². The summed E-state index contributed by atoms with van der Waals surface area (Å²) >= 11 is 0. The maximum absolute atomic E-state index is 11.5. The molecule has 0 bridgehead atoms. The Morgan fingerprint density at radius 1 is 1.50 bits per heavy atom. The van der Waals surface area contributed by atoms with Gasteiger partial charge >= 0.3 is 6.03 Å². The lowest BCUT2D eigenvalue weighted by Crippen LogP contribution is -2.51. The smallest absolute Gasteiger partial charge is 0.256 e. The fraction of sp³-hybridized carbons (Fsp3) is 0.250. The third-order valence-electron chi connectivity index (χ3n) is 2.62. The lowest BCUT2D eigenvalue weighted by Gasteiger charge is -2.26. The van der Waals surface area contributed by atoms with E-state index in [1.54, 1.807) is 12.1 Å². The van der Waals surface area contributed by atoms with Crippen LogP contribution < -0.4 is 16.3 Å². The molecule has 1 heterocycles. The van der Waals surface area contributed by atoms with Crippen molar-refractivity contribution in [1.29, 1.82) is 5.26 Å². The van der Waals surface area contributed by atoms with E-state index in [2.05, 4.69) is 22.2 Å². The van der Waals surface area contributed by atoms with Crippen molar-refractivity contribution in [2.24, 2.45) is 5.10 Å². The van der Waals surface area contributed by atoms with Crippen LogP contribution >= 0.6 is 8.15 Å². The Kier molecular flexibility index (Phi) is 4.64. The van der Waals surface area contributed by atoms with E-state index in [4.69, 9.17) is 9.89 Å². The molecule has 0 fully saturated rings. The number of urea groups is 1. The predicted octanol–water partition coefficient (Wildman–Crippen LogP) is 1.05. The van der Waals surface area contributed by atoms with Crippen LogP contribution in [0.3, 0.4) is 0 Å². The van der Waals surface area contributed by atoms with Crippen LogP contribution in [0.5, 0.6) is 0 Å². The molecule has 1 unspecified atom stereocenters. The highest BCUT2D eigenvalue weighted by Gasteiger charge is 2.19. The summed E-state index contributed by atoms with van der Waals surface area (Å²) in [4.78, 5) is 11.5. The number of carbonyl (C=O) groups excluding carboxylic acids is 1. The molecule has 20 heavy (non-hydrogen) atoms. The summed E-state index contributed by atoms with van der Waals surface area (Å²) in [5.41, 5.74) is 6.38. The maximum atomic E-state index is 11.5. The Labute approximate surface area is 118 Å². The standard InChI is InChI=1S/C12H14N5O2P/c1-9-8-17(12(18)15-14-9)16-19-20(2)11-5-3-10(7-13)4-6-11/h3-6,16H,8H2,1-2H3,(H,15,18). The first-order chi connectivity index (χ1) is 9.60. The molecule has 0 radical (unpaired) electrons. The number of carbonyl (C=O) groups is 1. The van der Waals surface area contributed by atoms with E-state index in [0.29, 0.717) is 12.1 Å². The molecule has 0 saturated heterocycles. The highest BCUT2D eigenvalue weighted by atomic mass is 31.1. The molecule has 1 aromatic carbocycles. The van der Waals surface area contributed by atoms with Gasteiger partial charge in [-0.3, -0.25) is 4.62 Å². The minimum absolute atomic E-state index is 0.362. The van der Waals surface area contributed by atoms with Gasteiger partial charge in [-0.2, -0.15) is 10.4 Å². The van der Waals surface area contributed by atoms with Crippen molar-refractivity contribution < 1.29 is 9.42 Å². The quantitative estimate of drug-likeness (QED) is 0.641. The lowest BCUT2D eigenvalue weighted by atomic mass is 10.2. The largest absolute Gasteiger partial charge is 0.354 e. The van der Waals surface area contributed by atoms with Gasteiger partial charge in [0, 0.05) is 5.30 Å². The Balaban J connectivity index is 1.91. The molecule has 0 saturated carbocycles. The second kappa shape index (κ2) is 6.44. The van der Waals surface area contributed by atoms with Crippen molar-refractivity contribution in [2.75, 3.05) is 13.2 Å². The van der Waals surface area contributed by atoms with Gasteiger partial charge in [-0.15, -0.1) is 5.59 Å². The van der Waals surface area contributed by atoms with Crippen molar-refractivity contribution in [3.63, 3.8) is 0 Å². The lowest BCUT2D eigenvalue weighted by molar-refractivity contribution is 0.0521. The van der Waals surface area contributed by atoms with Gasteiger partial charge in [0.1, 0.15) is 0 Å². The zero-order valence-electron chi connectivity index (χ0n) is 11.1. The zero-order chi connectivity index (χ0) is 14.5. The first-order valence-electron chi connectivity index (χ1n) is 5.87. The summed E-state index contributed by atoms with van der Waals surface area (Å²) in [5, 5.41) is 14.8. The average Bonchev–Trinajstić information content (AvgIpc) is 2.48. The highest BCUT2D eigenvalue weighted by Crippen LogP contribution is 2.29. The number of amides is 2. The Bertz CT molecular complexity index is 566. The van der Waals surface area contributed by atoms with Crippen LogP contribution in [-0.2, 0) is 4.62 Å². The third kappa shape index (κ3) is 3.52. The first-order valence-corrected chi connectivity index (χ1v) is 7.58. The van der Waals surface area contributed by atoms with Gasteiger partial charge in [0.25, 0.3) is 0 Å². The van der Waals surface area contributed by atoms with Crippen LogP contribution in [0.2, 0.25) is 0 Å².